The summed E-state index contributed by atoms with van der Waals surface area (Å²) in [5.41, 5.74) is 7.75. The Morgan fingerprint density at radius 2 is 1.37 bits per heavy atom. The third kappa shape index (κ3) is 19.3. The van der Waals surface area contributed by atoms with E-state index in [1.165, 1.54) is 20.8 Å². The molecule has 2 aromatic heterocycles. The van der Waals surface area contributed by atoms with Gasteiger partial charge in [-0.2, -0.15) is 8.78 Å². The van der Waals surface area contributed by atoms with Crippen molar-refractivity contribution in [1.82, 2.24) is 50.8 Å². The summed E-state index contributed by atoms with van der Waals surface area (Å²) in [6.07, 6.45) is 9.46. The van der Waals surface area contributed by atoms with Gasteiger partial charge in [0.2, 0.25) is 41.4 Å². The number of hydrogen-bond acceptors (Lipinski definition) is 13. The first kappa shape index (κ1) is 78.5. The number of rotatable bonds is 30. The molecule has 24 nitrogen and oxygen atoms in total. The van der Waals surface area contributed by atoms with Crippen molar-refractivity contribution in [3.63, 3.8) is 0 Å². The van der Waals surface area contributed by atoms with Gasteiger partial charge in [0.15, 0.2) is 0 Å². The molecule has 4 aliphatic rings. The highest BCUT2D eigenvalue weighted by Gasteiger charge is 2.51. The van der Waals surface area contributed by atoms with E-state index in [0.717, 1.165) is 121 Å². The summed E-state index contributed by atoms with van der Waals surface area (Å²) in [6, 6.07) is 30.7. The third-order valence-electron chi connectivity index (χ3n) is 21.1. The topological polar surface area (TPSA) is 347 Å². The minimum atomic E-state index is -5.94. The molecule has 2 unspecified atom stereocenters. The number of benzene rings is 5. The summed E-state index contributed by atoms with van der Waals surface area (Å²) in [7, 11) is -5.94. The van der Waals surface area contributed by atoms with Gasteiger partial charge in [-0.3, -0.25) is 47.7 Å². The van der Waals surface area contributed by atoms with E-state index in [2.05, 4.69) is 31.2 Å². The van der Waals surface area contributed by atoms with E-state index in [1.54, 1.807) is 28.4 Å². The molecule has 8 atom stereocenters. The molecule has 9 amide bonds. The first-order valence-electron chi connectivity index (χ1n) is 37.0. The molecule has 0 saturated carbocycles. The average molecular weight is 1510 g/mol. The molecule has 6 heterocycles. The second-order valence-electron chi connectivity index (χ2n) is 28.6. The molecule has 11 rings (SSSR count). The van der Waals surface area contributed by atoms with Crippen molar-refractivity contribution in [2.45, 2.75) is 196 Å². The van der Waals surface area contributed by atoms with Crippen molar-refractivity contribution in [3.8, 4) is 10.4 Å². The summed E-state index contributed by atoms with van der Waals surface area (Å²) >= 11 is 1.56. The van der Waals surface area contributed by atoms with Crippen molar-refractivity contribution >= 4 is 83.0 Å². The molecular weight excluding hydrogens is 1410 g/mol. The predicted octanol–water partition coefficient (Wildman–Crippen LogP) is 9.76. The first-order chi connectivity index (χ1) is 51.3. The van der Waals surface area contributed by atoms with Crippen LogP contribution >= 0.6 is 18.9 Å². The molecule has 0 radical (unpaired) electrons. The zero-order chi connectivity index (χ0) is 76.1. The van der Waals surface area contributed by atoms with Crippen LogP contribution in [0, 0.1) is 6.92 Å². The maximum absolute atomic E-state index is 15.1. The van der Waals surface area contributed by atoms with Gasteiger partial charge < -0.3 is 66.5 Å². The van der Waals surface area contributed by atoms with Crippen LogP contribution < -0.4 is 27.0 Å². The van der Waals surface area contributed by atoms with Crippen LogP contribution in [0.25, 0.3) is 21.3 Å². The monoisotopic (exact) mass is 1510 g/mol. The standard InChI is InChI=1S/C79H94F2N11O13PS/c1-49(52-30-32-55(33-31-52)71-50(2)83-48-107-71)84-75(99)67-45-60(93)46-91(67)78(102)66-24-17-18-41-90(66)76(100)56-28-26-51(27-29-56)19-11-7-5-3-4-6-8-16-25-69(95)89-42-40-59-35-38-65(74(98)86-62(37-39-68(82)94)72(96)88-70(53-20-12-9-13-21-53)54-22-14-10-15-23-54)92(59)77(101)64(47-89)87-73(97)63-44-57-43-58(34-36-61(57)85-63)79(80,81)106(103,104)105/h9-10,12-15,20-23,26-34,36,43-44,48-49,59-60,62,64-67,70,85,93H,3-8,11,16-19,24-25,35,37-42,45-47H2,1-2H3,(H2,82,94)(H,84,99)(H,86,98)(H,87,97)(H,88,96)(H2,103,104,105)/t49-,59+,60+,62?,64-,65-,66?,67-/m0/s1. The van der Waals surface area contributed by atoms with Gasteiger partial charge in [-0.25, -0.2) is 4.98 Å². The van der Waals surface area contributed by atoms with Crippen LogP contribution in [-0.2, 0) is 50.2 Å². The number of fused-ring (bicyclic) bond motifs is 2. The second-order valence-corrected chi connectivity index (χ2v) is 31.1. The molecule has 568 valence electrons. The maximum Gasteiger partial charge on any atom is 0.399 e. The lowest BCUT2D eigenvalue weighted by Gasteiger charge is -2.39. The lowest BCUT2D eigenvalue weighted by Crippen LogP contribution is -2.62. The smallest absolute Gasteiger partial charge is 0.391 e. The number of nitrogens with two attached hydrogens (primary N) is 1. The summed E-state index contributed by atoms with van der Waals surface area (Å²) in [5.74, 6) is -4.78. The van der Waals surface area contributed by atoms with Crippen LogP contribution in [0.15, 0.2) is 139 Å². The van der Waals surface area contributed by atoms with Gasteiger partial charge in [-0.05, 0) is 136 Å². The average Bonchev–Trinajstić information content (AvgIpc) is 1.75. The molecular formula is C79H94F2N11O13PS. The fourth-order valence-electron chi connectivity index (χ4n) is 15.2. The van der Waals surface area contributed by atoms with Gasteiger partial charge >= 0.3 is 13.3 Å². The highest BCUT2D eigenvalue weighted by Crippen LogP contribution is 2.59. The van der Waals surface area contributed by atoms with E-state index in [1.807, 2.05) is 116 Å². The first-order valence-corrected chi connectivity index (χ1v) is 39.5. The highest BCUT2D eigenvalue weighted by molar-refractivity contribution is 7.52. The largest absolute Gasteiger partial charge is 0.399 e. The van der Waals surface area contributed by atoms with Crippen LogP contribution in [0.4, 0.5) is 8.78 Å². The van der Waals surface area contributed by atoms with Gasteiger partial charge in [0.05, 0.1) is 34.3 Å². The number of aromatic amines is 1. The third-order valence-corrected chi connectivity index (χ3v) is 23.1. The van der Waals surface area contributed by atoms with E-state index in [0.29, 0.717) is 31.4 Å². The Morgan fingerprint density at radius 3 is 2.03 bits per heavy atom. The minimum absolute atomic E-state index is 0.000890. The van der Waals surface area contributed by atoms with Gasteiger partial charge in [0.1, 0.15) is 35.9 Å². The number of β-amino-alcohol motifs (C(OH)–C–C–N with tert-alkyl or cyclic N) is 1. The second kappa shape index (κ2) is 35.5. The Hall–Kier alpha value is -9.53. The molecule has 0 bridgehead atoms. The molecule has 7 aromatic rings. The number of halogens is 2. The van der Waals surface area contributed by atoms with E-state index in [4.69, 9.17) is 5.73 Å². The van der Waals surface area contributed by atoms with Gasteiger partial charge in [0, 0.05) is 73.5 Å². The van der Waals surface area contributed by atoms with E-state index < -0.39 is 96.8 Å². The number of alkyl halides is 2. The van der Waals surface area contributed by atoms with E-state index >= 15 is 4.79 Å². The molecule has 4 aliphatic heterocycles. The van der Waals surface area contributed by atoms with E-state index in [9.17, 15) is 66.6 Å². The number of nitrogens with one attached hydrogen (secondary N) is 5. The number of likely N-dealkylation sites (tertiary alicyclic amines) is 2. The number of H-pyrrole nitrogens is 1. The Balaban J connectivity index is 0.655. The number of aliphatic hydroxyl groups excluding tert-OH is 1. The molecule has 10 N–H and O–H groups in total. The van der Waals surface area contributed by atoms with Crippen LogP contribution in [0.3, 0.4) is 0 Å². The summed E-state index contributed by atoms with van der Waals surface area (Å²) < 4.78 is 41.4. The molecule has 107 heavy (non-hydrogen) atoms. The number of carbonyl (C=O) groups is 9. The minimum Gasteiger partial charge on any atom is -0.391 e. The number of aromatic nitrogens is 2. The fraction of sp³-hybridized carbons (Fsp3) is 0.443. The van der Waals surface area contributed by atoms with Crippen molar-refractivity contribution in [3.05, 3.63) is 184 Å². The number of aliphatic hydroxyl groups is 1. The Morgan fingerprint density at radius 1 is 0.710 bits per heavy atom. The maximum atomic E-state index is 15.1. The lowest BCUT2D eigenvalue weighted by molar-refractivity contribution is -0.145. The van der Waals surface area contributed by atoms with Crippen molar-refractivity contribution < 1.29 is 71.4 Å². The van der Waals surface area contributed by atoms with Crippen LogP contribution in [0.5, 0.6) is 0 Å². The number of nitrogens with zero attached hydrogens (tertiary/aromatic N) is 5. The summed E-state index contributed by atoms with van der Waals surface area (Å²) in [5, 5.41) is 22.5. The van der Waals surface area contributed by atoms with Crippen LogP contribution in [0.2, 0.25) is 0 Å². The number of amides is 9. The molecule has 4 fully saturated rings. The van der Waals surface area contributed by atoms with Gasteiger partial charge in [-0.1, -0.05) is 142 Å². The Kier molecular flexibility index (Phi) is 26.0. The number of thiazole rings is 1. The molecule has 5 aromatic carbocycles. The fourth-order valence-corrected chi connectivity index (χ4v) is 16.4. The lowest BCUT2D eigenvalue weighted by atomic mass is 9.98. The number of aryl methyl sites for hydroxylation is 2. The highest BCUT2D eigenvalue weighted by atomic mass is 32.1. The number of primary amides is 1. The number of hydrogen-bond donors (Lipinski definition) is 9. The number of unbranched alkanes of at least 4 members (excludes halogenated alkanes) is 7. The van der Waals surface area contributed by atoms with Crippen LogP contribution in [0.1, 0.15) is 189 Å². The van der Waals surface area contributed by atoms with Crippen molar-refractivity contribution in [2.24, 2.45) is 5.73 Å². The van der Waals surface area contributed by atoms with Crippen molar-refractivity contribution in [1.29, 1.82) is 0 Å². The van der Waals surface area contributed by atoms with Gasteiger partial charge in [0.25, 0.3) is 11.8 Å². The Bertz CT molecular complexity index is 4330. The SMILES string of the molecule is Cc1ncsc1-c1ccc([C@H](C)NC(=O)[C@@H]2C[C@@H](O)CN2C(=O)C2CCCCN2C(=O)c2ccc(CCCCCCCCCCC(=O)N3CC[C@H]4CC[C@@H](C(=O)NC(CCC(N)=O)C(=O)NC(c5ccccc5)c5ccccc5)N4C(=O)[C@@H](NC(=O)c4cc5cc(C(F)(F)P(=O)(O)O)ccc5[nH]4)C3)cc2)cc1. The summed E-state index contributed by atoms with van der Waals surface area (Å²) in [6.45, 7) is 4.11. The number of piperidine rings is 1. The molecule has 0 aliphatic carbocycles. The molecule has 0 spiro atoms. The zero-order valence-electron chi connectivity index (χ0n) is 60.1. The normalized spacial score (nSPS) is 19.7. The number of carbonyl (C=O) groups excluding carboxylic acids is 9. The molecule has 28 heteroatoms. The quantitative estimate of drug-likeness (QED) is 0.0149. The molecule has 4 saturated heterocycles. The van der Waals surface area contributed by atoms with Crippen molar-refractivity contribution in [2.75, 3.05) is 26.2 Å². The van der Waals surface area contributed by atoms with Gasteiger partial charge in [-0.15, -0.1) is 11.3 Å². The van der Waals surface area contributed by atoms with Crippen LogP contribution in [-0.4, -0.2) is 166 Å². The zero-order valence-corrected chi connectivity index (χ0v) is 61.8. The van der Waals surface area contributed by atoms with E-state index in [-0.39, 0.29) is 104 Å². The summed E-state index contributed by atoms with van der Waals surface area (Å²) in [4.78, 5) is 160. The Labute approximate surface area is 624 Å². The predicted molar refractivity (Wildman–Crippen MR) is 399 cm³/mol.